The van der Waals surface area contributed by atoms with Gasteiger partial charge in [0, 0.05) is 17.8 Å². The van der Waals surface area contributed by atoms with Gasteiger partial charge in [0.05, 0.1) is 22.8 Å². The molecule has 0 saturated heterocycles. The standard InChI is InChI=1S/C18H15Cl2N3O2/c1-3-10-7-11-5-4-6-14(25-2)15(11)22-16(10)18(24)23-17-12(19)8-21-9-13(17)20/h4-9H,3H2,1-2H3,(H,21,23,24). The number of ether oxygens (including phenoxy) is 1. The van der Waals surface area contributed by atoms with E-state index in [1.54, 1.807) is 13.2 Å². The molecular formula is C18H15Cl2N3O2. The van der Waals surface area contributed by atoms with Crippen LogP contribution in [0.1, 0.15) is 23.0 Å². The minimum absolute atomic E-state index is 0.261. The third kappa shape index (κ3) is 3.38. The Bertz CT molecular complexity index is 940. The van der Waals surface area contributed by atoms with Crippen LogP contribution in [0.3, 0.4) is 0 Å². The van der Waals surface area contributed by atoms with Gasteiger partial charge in [-0.15, -0.1) is 0 Å². The van der Waals surface area contributed by atoms with Gasteiger partial charge in [0.25, 0.3) is 5.91 Å². The van der Waals surface area contributed by atoms with E-state index in [2.05, 4.69) is 15.3 Å². The molecule has 0 bridgehead atoms. The molecule has 0 aliphatic carbocycles. The zero-order valence-electron chi connectivity index (χ0n) is 13.6. The molecule has 0 aliphatic rings. The molecule has 7 heteroatoms. The van der Waals surface area contributed by atoms with Gasteiger partial charge in [-0.1, -0.05) is 42.3 Å². The molecule has 1 aromatic carbocycles. The molecule has 0 atom stereocenters. The van der Waals surface area contributed by atoms with E-state index >= 15 is 0 Å². The average molecular weight is 376 g/mol. The maximum atomic E-state index is 12.8. The fourth-order valence-corrected chi connectivity index (χ4v) is 3.01. The lowest BCUT2D eigenvalue weighted by Crippen LogP contribution is -2.17. The van der Waals surface area contributed by atoms with Crippen LogP contribution in [0.5, 0.6) is 5.75 Å². The Morgan fingerprint density at radius 1 is 1.24 bits per heavy atom. The molecule has 2 heterocycles. The highest BCUT2D eigenvalue weighted by atomic mass is 35.5. The molecule has 5 nitrogen and oxygen atoms in total. The average Bonchev–Trinajstić information content (AvgIpc) is 2.62. The molecular weight excluding hydrogens is 361 g/mol. The number of pyridine rings is 2. The Balaban J connectivity index is 2.09. The third-order valence-electron chi connectivity index (χ3n) is 3.80. The lowest BCUT2D eigenvalue weighted by atomic mass is 10.1. The predicted octanol–water partition coefficient (Wildman–Crippen LogP) is 4.76. The number of hydrogen-bond acceptors (Lipinski definition) is 4. The highest BCUT2D eigenvalue weighted by Crippen LogP contribution is 2.30. The number of para-hydroxylation sites is 1. The van der Waals surface area contributed by atoms with Gasteiger partial charge in [-0.25, -0.2) is 4.98 Å². The first kappa shape index (κ1) is 17.5. The normalized spacial score (nSPS) is 10.7. The van der Waals surface area contributed by atoms with E-state index in [9.17, 15) is 4.79 Å². The molecule has 3 aromatic rings. The van der Waals surface area contributed by atoms with Crippen LogP contribution in [0, 0.1) is 0 Å². The van der Waals surface area contributed by atoms with E-state index < -0.39 is 0 Å². The van der Waals surface area contributed by atoms with E-state index in [1.807, 2.05) is 25.1 Å². The van der Waals surface area contributed by atoms with Crippen molar-refractivity contribution in [2.45, 2.75) is 13.3 Å². The number of amides is 1. The number of nitrogens with one attached hydrogen (secondary N) is 1. The van der Waals surface area contributed by atoms with Gasteiger partial charge >= 0.3 is 0 Å². The van der Waals surface area contributed by atoms with Crippen LogP contribution in [0.15, 0.2) is 36.7 Å². The van der Waals surface area contributed by atoms with Gasteiger partial charge in [0.15, 0.2) is 0 Å². The van der Waals surface area contributed by atoms with Gasteiger partial charge in [-0.2, -0.15) is 0 Å². The molecule has 0 radical (unpaired) electrons. The van der Waals surface area contributed by atoms with Crippen molar-refractivity contribution in [1.29, 1.82) is 0 Å². The van der Waals surface area contributed by atoms with Crippen molar-refractivity contribution in [2.75, 3.05) is 12.4 Å². The Morgan fingerprint density at radius 2 is 1.96 bits per heavy atom. The lowest BCUT2D eigenvalue weighted by Gasteiger charge is -2.13. The fraction of sp³-hybridized carbons (Fsp3) is 0.167. The predicted molar refractivity (Wildman–Crippen MR) is 99.9 cm³/mol. The van der Waals surface area contributed by atoms with Crippen LogP contribution >= 0.6 is 23.2 Å². The first-order valence-corrected chi connectivity index (χ1v) is 8.37. The molecule has 2 aromatic heterocycles. The van der Waals surface area contributed by atoms with Gasteiger partial charge < -0.3 is 10.1 Å². The molecule has 1 N–H and O–H groups in total. The van der Waals surface area contributed by atoms with Crippen LogP contribution in [0.25, 0.3) is 10.9 Å². The van der Waals surface area contributed by atoms with E-state index in [1.165, 1.54) is 12.4 Å². The number of methoxy groups -OCH3 is 1. The van der Waals surface area contributed by atoms with Gasteiger partial charge in [0.1, 0.15) is 17.0 Å². The van der Waals surface area contributed by atoms with Gasteiger partial charge in [-0.05, 0) is 24.1 Å². The number of fused-ring (bicyclic) bond motifs is 1. The van der Waals surface area contributed by atoms with Crippen LogP contribution < -0.4 is 10.1 Å². The molecule has 0 aliphatic heterocycles. The van der Waals surface area contributed by atoms with Crippen molar-refractivity contribution in [3.05, 3.63) is 58.0 Å². The summed E-state index contributed by atoms with van der Waals surface area (Å²) in [5.74, 6) is 0.217. The van der Waals surface area contributed by atoms with Crippen LogP contribution in [0.4, 0.5) is 5.69 Å². The largest absolute Gasteiger partial charge is 0.494 e. The summed E-state index contributed by atoms with van der Waals surface area (Å²) in [6, 6.07) is 7.57. The number of hydrogen-bond donors (Lipinski definition) is 1. The Labute approximate surface area is 155 Å². The van der Waals surface area contributed by atoms with Crippen LogP contribution in [-0.2, 0) is 6.42 Å². The molecule has 0 fully saturated rings. The van der Waals surface area contributed by atoms with Crippen LogP contribution in [0.2, 0.25) is 10.0 Å². The monoisotopic (exact) mass is 375 g/mol. The highest BCUT2D eigenvalue weighted by molar-refractivity contribution is 6.39. The number of nitrogens with zero attached hydrogens (tertiary/aromatic N) is 2. The molecule has 0 unspecified atom stereocenters. The number of halogens is 2. The molecule has 25 heavy (non-hydrogen) atoms. The molecule has 0 saturated carbocycles. The summed E-state index contributed by atoms with van der Waals surface area (Å²) in [6.07, 6.45) is 3.49. The van der Waals surface area contributed by atoms with E-state index in [4.69, 9.17) is 27.9 Å². The first-order valence-electron chi connectivity index (χ1n) is 7.62. The maximum Gasteiger partial charge on any atom is 0.274 e. The fourth-order valence-electron chi connectivity index (χ4n) is 2.55. The van der Waals surface area contributed by atoms with Crippen molar-refractivity contribution in [1.82, 2.24) is 9.97 Å². The summed E-state index contributed by atoms with van der Waals surface area (Å²) < 4.78 is 5.35. The quantitative estimate of drug-likeness (QED) is 0.713. The zero-order chi connectivity index (χ0) is 18.0. The summed E-state index contributed by atoms with van der Waals surface area (Å²) in [6.45, 7) is 1.96. The van der Waals surface area contributed by atoms with E-state index in [0.717, 1.165) is 10.9 Å². The third-order valence-corrected chi connectivity index (χ3v) is 4.37. The number of aryl methyl sites for hydroxylation is 1. The highest BCUT2D eigenvalue weighted by Gasteiger charge is 2.18. The Kier molecular flexibility index (Phi) is 5.06. The smallest absolute Gasteiger partial charge is 0.274 e. The van der Waals surface area contributed by atoms with Crippen molar-refractivity contribution in [3.63, 3.8) is 0 Å². The van der Waals surface area contributed by atoms with Crippen molar-refractivity contribution >= 4 is 45.7 Å². The number of carbonyl (C=O) groups excluding carboxylic acids is 1. The Hall–Kier alpha value is -2.37. The van der Waals surface area contributed by atoms with E-state index in [0.29, 0.717) is 29.1 Å². The number of benzene rings is 1. The molecule has 128 valence electrons. The van der Waals surface area contributed by atoms with Crippen molar-refractivity contribution < 1.29 is 9.53 Å². The Morgan fingerprint density at radius 3 is 2.60 bits per heavy atom. The zero-order valence-corrected chi connectivity index (χ0v) is 15.1. The summed E-state index contributed by atoms with van der Waals surface area (Å²) in [4.78, 5) is 21.2. The number of carbonyl (C=O) groups is 1. The van der Waals surface area contributed by atoms with Gasteiger partial charge in [0.2, 0.25) is 0 Å². The summed E-state index contributed by atoms with van der Waals surface area (Å²) in [5.41, 5.74) is 2.06. The topological polar surface area (TPSA) is 64.1 Å². The number of aromatic nitrogens is 2. The lowest BCUT2D eigenvalue weighted by molar-refractivity contribution is 0.102. The minimum atomic E-state index is -0.389. The summed E-state index contributed by atoms with van der Waals surface area (Å²) in [5, 5.41) is 4.16. The van der Waals surface area contributed by atoms with Crippen LogP contribution in [-0.4, -0.2) is 23.0 Å². The molecule has 0 spiro atoms. The summed E-state index contributed by atoms with van der Waals surface area (Å²) in [7, 11) is 1.57. The summed E-state index contributed by atoms with van der Waals surface area (Å²) >= 11 is 12.2. The second kappa shape index (κ2) is 7.25. The molecule has 1 amide bonds. The second-order valence-electron chi connectivity index (χ2n) is 5.31. The minimum Gasteiger partial charge on any atom is -0.494 e. The maximum absolute atomic E-state index is 12.8. The molecule has 3 rings (SSSR count). The second-order valence-corrected chi connectivity index (χ2v) is 6.13. The van der Waals surface area contributed by atoms with Crippen molar-refractivity contribution in [2.24, 2.45) is 0 Å². The SMILES string of the molecule is CCc1cc2cccc(OC)c2nc1C(=O)Nc1c(Cl)cncc1Cl. The van der Waals surface area contributed by atoms with Crippen molar-refractivity contribution in [3.8, 4) is 5.75 Å². The number of anilines is 1. The van der Waals surface area contributed by atoms with Gasteiger partial charge in [-0.3, -0.25) is 9.78 Å². The number of rotatable bonds is 4. The first-order chi connectivity index (χ1) is 12.0. The van der Waals surface area contributed by atoms with E-state index in [-0.39, 0.29) is 16.0 Å².